The summed E-state index contributed by atoms with van der Waals surface area (Å²) in [5, 5.41) is 0. The molecule has 1 aromatic rings. The highest BCUT2D eigenvalue weighted by Crippen LogP contribution is 2.39. The minimum atomic E-state index is -0.521. The fourth-order valence-corrected chi connectivity index (χ4v) is 3.04. The van der Waals surface area contributed by atoms with Crippen molar-refractivity contribution >= 4 is 5.91 Å². The topological polar surface area (TPSA) is 57.2 Å². The molecule has 3 aliphatic heterocycles. The fourth-order valence-electron chi connectivity index (χ4n) is 3.04. The van der Waals surface area contributed by atoms with Crippen LogP contribution in [-0.2, 0) is 9.47 Å². The number of carbonyl (C=O) groups is 1. The summed E-state index contributed by atoms with van der Waals surface area (Å²) in [4.78, 5) is 14.4. The molecule has 2 saturated heterocycles. The molecule has 2 fully saturated rings. The zero-order valence-corrected chi connectivity index (χ0v) is 12.8. The summed E-state index contributed by atoms with van der Waals surface area (Å²) in [5.41, 5.74) is 0.568. The van der Waals surface area contributed by atoms with Crippen LogP contribution in [-0.4, -0.2) is 49.7 Å². The van der Waals surface area contributed by atoms with E-state index in [1.165, 1.54) is 0 Å². The van der Waals surface area contributed by atoms with E-state index < -0.39 is 5.79 Å². The van der Waals surface area contributed by atoms with Gasteiger partial charge in [0.1, 0.15) is 0 Å². The Labute approximate surface area is 128 Å². The minimum absolute atomic E-state index is 0.00811. The number of likely N-dealkylation sites (tertiary alicyclic amines) is 1. The van der Waals surface area contributed by atoms with Crippen LogP contribution in [0.5, 0.6) is 11.5 Å². The van der Waals surface area contributed by atoms with Crippen molar-refractivity contribution < 1.29 is 23.7 Å². The third-order valence-electron chi connectivity index (χ3n) is 4.41. The van der Waals surface area contributed by atoms with Gasteiger partial charge in [-0.05, 0) is 32.0 Å². The van der Waals surface area contributed by atoms with Gasteiger partial charge in [0.15, 0.2) is 17.3 Å². The van der Waals surface area contributed by atoms with Crippen LogP contribution in [0.2, 0.25) is 0 Å². The third-order valence-corrected chi connectivity index (χ3v) is 4.41. The standard InChI is InChI=1S/C16H19NO5/c1-15(2)21-8-16(9-22-15)6-17(7-16)14(18)11-3-4-12-13(5-11)20-10-19-12/h3-5H,6-10H2,1-2H3. The average molecular weight is 305 g/mol. The lowest BCUT2D eigenvalue weighted by molar-refractivity contribution is -0.301. The Balaban J connectivity index is 1.42. The van der Waals surface area contributed by atoms with E-state index in [9.17, 15) is 4.79 Å². The first-order valence-electron chi connectivity index (χ1n) is 7.43. The van der Waals surface area contributed by atoms with Crippen molar-refractivity contribution in [2.75, 3.05) is 33.1 Å². The Bertz CT molecular complexity index is 609. The molecule has 0 unspecified atom stereocenters. The number of rotatable bonds is 1. The summed E-state index contributed by atoms with van der Waals surface area (Å²) < 4.78 is 22.0. The molecule has 0 radical (unpaired) electrons. The SMILES string of the molecule is CC1(C)OCC2(CO1)CN(C(=O)c1ccc3c(c1)OCO3)C2. The summed E-state index contributed by atoms with van der Waals surface area (Å²) in [7, 11) is 0. The predicted octanol–water partition coefficient (Wildman–Crippen LogP) is 1.64. The quantitative estimate of drug-likeness (QED) is 0.789. The van der Waals surface area contributed by atoms with Gasteiger partial charge in [0.25, 0.3) is 5.91 Å². The van der Waals surface area contributed by atoms with Crippen LogP contribution in [0.3, 0.4) is 0 Å². The van der Waals surface area contributed by atoms with Gasteiger partial charge < -0.3 is 23.8 Å². The van der Waals surface area contributed by atoms with Crippen molar-refractivity contribution in [3.05, 3.63) is 23.8 Å². The van der Waals surface area contributed by atoms with E-state index in [1.54, 1.807) is 18.2 Å². The Kier molecular flexibility index (Phi) is 2.90. The molecule has 3 heterocycles. The number of fused-ring (bicyclic) bond motifs is 1. The van der Waals surface area contributed by atoms with Crippen molar-refractivity contribution in [3.8, 4) is 11.5 Å². The first-order valence-corrected chi connectivity index (χ1v) is 7.43. The Morgan fingerprint density at radius 3 is 2.50 bits per heavy atom. The number of benzene rings is 1. The molecule has 0 saturated carbocycles. The monoisotopic (exact) mass is 305 g/mol. The van der Waals surface area contributed by atoms with E-state index in [4.69, 9.17) is 18.9 Å². The molecule has 6 nitrogen and oxygen atoms in total. The molecule has 0 N–H and O–H groups in total. The van der Waals surface area contributed by atoms with E-state index in [0.717, 1.165) is 0 Å². The zero-order valence-electron chi connectivity index (χ0n) is 12.8. The van der Waals surface area contributed by atoms with E-state index in [1.807, 2.05) is 18.7 Å². The lowest BCUT2D eigenvalue weighted by Gasteiger charge is -2.54. The van der Waals surface area contributed by atoms with Gasteiger partial charge in [0.05, 0.1) is 18.6 Å². The smallest absolute Gasteiger partial charge is 0.254 e. The zero-order chi connectivity index (χ0) is 15.4. The fraction of sp³-hybridized carbons (Fsp3) is 0.562. The van der Waals surface area contributed by atoms with Crippen LogP contribution in [0.25, 0.3) is 0 Å². The van der Waals surface area contributed by atoms with E-state index in [2.05, 4.69) is 0 Å². The number of hydrogen-bond acceptors (Lipinski definition) is 5. The van der Waals surface area contributed by atoms with Crippen LogP contribution >= 0.6 is 0 Å². The van der Waals surface area contributed by atoms with Crippen LogP contribution in [0.15, 0.2) is 18.2 Å². The van der Waals surface area contributed by atoms with Crippen LogP contribution in [0.4, 0.5) is 0 Å². The summed E-state index contributed by atoms with van der Waals surface area (Å²) in [6.07, 6.45) is 0. The number of carbonyl (C=O) groups excluding carboxylic acids is 1. The molecule has 0 aliphatic carbocycles. The molecule has 1 amide bonds. The molecule has 118 valence electrons. The summed E-state index contributed by atoms with van der Waals surface area (Å²) in [6, 6.07) is 5.30. The molecule has 3 aliphatic rings. The second-order valence-corrected chi connectivity index (χ2v) is 6.71. The maximum atomic E-state index is 12.5. The third kappa shape index (κ3) is 2.23. The van der Waals surface area contributed by atoms with E-state index in [0.29, 0.717) is 43.4 Å². The van der Waals surface area contributed by atoms with Crippen molar-refractivity contribution in [2.45, 2.75) is 19.6 Å². The van der Waals surface area contributed by atoms with Gasteiger partial charge >= 0.3 is 0 Å². The lowest BCUT2D eigenvalue weighted by Crippen LogP contribution is -2.65. The molecule has 0 aromatic heterocycles. The molecular weight excluding hydrogens is 286 g/mol. The van der Waals surface area contributed by atoms with Gasteiger partial charge in [-0.2, -0.15) is 0 Å². The maximum Gasteiger partial charge on any atom is 0.254 e. The lowest BCUT2D eigenvalue weighted by atomic mass is 9.80. The number of nitrogens with zero attached hydrogens (tertiary/aromatic N) is 1. The molecule has 4 rings (SSSR count). The second-order valence-electron chi connectivity index (χ2n) is 6.71. The van der Waals surface area contributed by atoms with Crippen LogP contribution in [0, 0.1) is 5.41 Å². The highest BCUT2D eigenvalue weighted by Gasteiger charge is 2.50. The van der Waals surface area contributed by atoms with Crippen molar-refractivity contribution in [2.24, 2.45) is 5.41 Å². The summed E-state index contributed by atoms with van der Waals surface area (Å²) in [5.74, 6) is 0.807. The van der Waals surface area contributed by atoms with Gasteiger partial charge in [0, 0.05) is 18.7 Å². The summed E-state index contributed by atoms with van der Waals surface area (Å²) >= 11 is 0. The first kappa shape index (κ1) is 13.8. The Hall–Kier alpha value is -1.79. The Morgan fingerprint density at radius 2 is 1.77 bits per heavy atom. The molecule has 22 heavy (non-hydrogen) atoms. The van der Waals surface area contributed by atoms with E-state index in [-0.39, 0.29) is 18.1 Å². The minimum Gasteiger partial charge on any atom is -0.454 e. The van der Waals surface area contributed by atoms with E-state index >= 15 is 0 Å². The first-order chi connectivity index (χ1) is 10.5. The van der Waals surface area contributed by atoms with Gasteiger partial charge in [0.2, 0.25) is 6.79 Å². The van der Waals surface area contributed by atoms with Crippen molar-refractivity contribution in [1.82, 2.24) is 4.90 Å². The van der Waals surface area contributed by atoms with Crippen molar-refractivity contribution in [1.29, 1.82) is 0 Å². The van der Waals surface area contributed by atoms with Crippen LogP contribution < -0.4 is 9.47 Å². The Morgan fingerprint density at radius 1 is 1.09 bits per heavy atom. The van der Waals surface area contributed by atoms with Crippen molar-refractivity contribution in [3.63, 3.8) is 0 Å². The number of hydrogen-bond donors (Lipinski definition) is 0. The average Bonchev–Trinajstić information content (AvgIpc) is 2.92. The molecule has 1 spiro atoms. The molecule has 0 bridgehead atoms. The molecule has 1 aromatic carbocycles. The van der Waals surface area contributed by atoms with Gasteiger partial charge in [-0.3, -0.25) is 4.79 Å². The normalized spacial score (nSPS) is 24.2. The number of ether oxygens (including phenoxy) is 4. The molecule has 6 heteroatoms. The maximum absolute atomic E-state index is 12.5. The van der Waals surface area contributed by atoms with Gasteiger partial charge in [-0.25, -0.2) is 0 Å². The summed E-state index contributed by atoms with van der Waals surface area (Å²) in [6.45, 7) is 6.62. The molecular formula is C16H19NO5. The highest BCUT2D eigenvalue weighted by molar-refractivity contribution is 5.95. The molecule has 0 atom stereocenters. The van der Waals surface area contributed by atoms with Gasteiger partial charge in [-0.1, -0.05) is 0 Å². The number of amides is 1. The van der Waals surface area contributed by atoms with Gasteiger partial charge in [-0.15, -0.1) is 0 Å². The highest BCUT2D eigenvalue weighted by atomic mass is 16.7. The predicted molar refractivity (Wildman–Crippen MR) is 76.9 cm³/mol. The van der Waals surface area contributed by atoms with Crippen LogP contribution in [0.1, 0.15) is 24.2 Å². The largest absolute Gasteiger partial charge is 0.454 e. The second kappa shape index (κ2) is 4.60.